The minimum atomic E-state index is 0.898. The first-order valence-electron chi connectivity index (χ1n) is 9.45. The molecule has 1 aliphatic rings. The van der Waals surface area contributed by atoms with Crippen LogP contribution in [0.25, 0.3) is 0 Å². The summed E-state index contributed by atoms with van der Waals surface area (Å²) in [7, 11) is 3.56. The molecule has 1 fully saturated rings. The molecule has 6 nitrogen and oxygen atoms in total. The van der Waals surface area contributed by atoms with Crippen LogP contribution in [-0.2, 0) is 6.42 Å². The summed E-state index contributed by atoms with van der Waals surface area (Å²) in [5.41, 5.74) is 2.37. The second-order valence-electron chi connectivity index (χ2n) is 6.63. The second-order valence-corrected chi connectivity index (χ2v) is 7.57. The van der Waals surface area contributed by atoms with Gasteiger partial charge in [0.2, 0.25) is 0 Å². The Morgan fingerprint density at radius 2 is 1.96 bits per heavy atom. The van der Waals surface area contributed by atoms with Crippen molar-refractivity contribution in [2.75, 3.05) is 51.8 Å². The molecule has 1 aliphatic heterocycles. The number of rotatable bonds is 6. The molecule has 0 bridgehead atoms. The van der Waals surface area contributed by atoms with E-state index >= 15 is 0 Å². The van der Waals surface area contributed by atoms with Crippen LogP contribution in [0.4, 0.5) is 5.69 Å². The lowest BCUT2D eigenvalue weighted by Gasteiger charge is -2.37. The van der Waals surface area contributed by atoms with E-state index in [-0.39, 0.29) is 0 Å². The van der Waals surface area contributed by atoms with Crippen LogP contribution in [0.3, 0.4) is 0 Å². The molecule has 0 radical (unpaired) electrons. The van der Waals surface area contributed by atoms with Crippen molar-refractivity contribution >= 4 is 23.0 Å². The maximum Gasteiger partial charge on any atom is 0.193 e. The number of thiazole rings is 1. The summed E-state index contributed by atoms with van der Waals surface area (Å²) in [5.74, 6) is 1.90. The number of guanidine groups is 1. The van der Waals surface area contributed by atoms with Crippen LogP contribution < -0.4 is 15.0 Å². The largest absolute Gasteiger partial charge is 0.497 e. The number of ether oxygens (including phenoxy) is 1. The number of nitrogens with one attached hydrogen (secondary N) is 1. The lowest BCUT2D eigenvalue weighted by atomic mass is 10.2. The number of benzene rings is 1. The topological polar surface area (TPSA) is 53.0 Å². The van der Waals surface area contributed by atoms with Gasteiger partial charge < -0.3 is 19.9 Å². The van der Waals surface area contributed by atoms with E-state index in [9.17, 15) is 0 Å². The van der Waals surface area contributed by atoms with Crippen LogP contribution in [0.1, 0.15) is 17.1 Å². The Morgan fingerprint density at radius 3 is 2.56 bits per heavy atom. The molecule has 2 heterocycles. The quantitative estimate of drug-likeness (QED) is 0.469. The number of aryl methyl sites for hydroxylation is 2. The van der Waals surface area contributed by atoms with Crippen molar-refractivity contribution in [2.24, 2.45) is 4.99 Å². The van der Waals surface area contributed by atoms with E-state index < -0.39 is 0 Å². The van der Waals surface area contributed by atoms with Crippen molar-refractivity contribution in [3.8, 4) is 5.75 Å². The fraction of sp³-hybridized carbons (Fsp3) is 0.500. The number of anilines is 1. The number of methoxy groups -OCH3 is 1. The van der Waals surface area contributed by atoms with E-state index in [0.29, 0.717) is 0 Å². The normalized spacial score (nSPS) is 15.1. The van der Waals surface area contributed by atoms with Gasteiger partial charge >= 0.3 is 0 Å². The maximum absolute atomic E-state index is 5.24. The first-order chi connectivity index (χ1) is 13.2. The van der Waals surface area contributed by atoms with E-state index in [0.717, 1.165) is 63.0 Å². The summed E-state index contributed by atoms with van der Waals surface area (Å²) in [4.78, 5) is 13.7. The Hall–Kier alpha value is -2.28. The van der Waals surface area contributed by atoms with E-state index in [1.165, 1.54) is 10.7 Å². The van der Waals surface area contributed by atoms with Gasteiger partial charge in [0.05, 0.1) is 12.1 Å². The van der Waals surface area contributed by atoms with Gasteiger partial charge in [-0.15, -0.1) is 11.3 Å². The average molecular weight is 388 g/mol. The second kappa shape index (κ2) is 9.60. The molecule has 3 rings (SSSR count). The molecule has 1 aromatic heterocycles. The molecule has 1 saturated heterocycles. The summed E-state index contributed by atoms with van der Waals surface area (Å²) >= 11 is 1.75. The number of nitrogens with zero attached hydrogens (tertiary/aromatic N) is 4. The number of hydrogen-bond acceptors (Lipinski definition) is 5. The smallest absolute Gasteiger partial charge is 0.193 e. The van der Waals surface area contributed by atoms with Gasteiger partial charge in [0, 0.05) is 63.0 Å². The molecular formula is C20H29N5OS. The molecule has 1 N–H and O–H groups in total. The summed E-state index contributed by atoms with van der Waals surface area (Å²) in [5, 5.41) is 6.84. The molecule has 0 amide bonds. The van der Waals surface area contributed by atoms with Gasteiger partial charge in [-0.05, 0) is 37.6 Å². The molecule has 2 aromatic rings. The fourth-order valence-corrected chi connectivity index (χ4v) is 4.08. The highest BCUT2D eigenvalue weighted by molar-refractivity contribution is 7.09. The Morgan fingerprint density at radius 1 is 1.22 bits per heavy atom. The fourth-order valence-electron chi connectivity index (χ4n) is 3.26. The van der Waals surface area contributed by atoms with Crippen molar-refractivity contribution in [3.05, 3.63) is 40.3 Å². The molecular weight excluding hydrogens is 358 g/mol. The lowest BCUT2D eigenvalue weighted by molar-refractivity contribution is 0.372. The van der Waals surface area contributed by atoms with Gasteiger partial charge in [0.1, 0.15) is 5.75 Å². The van der Waals surface area contributed by atoms with Crippen molar-refractivity contribution in [1.82, 2.24) is 15.2 Å². The van der Waals surface area contributed by atoms with Crippen LogP contribution >= 0.6 is 11.3 Å². The third-order valence-electron chi connectivity index (χ3n) is 4.75. The highest BCUT2D eigenvalue weighted by atomic mass is 32.1. The number of aromatic nitrogens is 1. The van der Waals surface area contributed by atoms with Crippen molar-refractivity contribution in [2.45, 2.75) is 19.8 Å². The van der Waals surface area contributed by atoms with Gasteiger partial charge in [-0.1, -0.05) is 0 Å². The first-order valence-corrected chi connectivity index (χ1v) is 10.3. The first kappa shape index (κ1) is 19.5. The predicted octanol–water partition coefficient (Wildman–Crippen LogP) is 2.79. The minimum Gasteiger partial charge on any atom is -0.497 e. The highest BCUT2D eigenvalue weighted by Gasteiger charge is 2.19. The van der Waals surface area contributed by atoms with E-state index in [1.807, 2.05) is 26.1 Å². The predicted molar refractivity (Wildman–Crippen MR) is 113 cm³/mol. The standard InChI is InChI=1S/C20H29N5OS/c1-16-15-27-19(23-16)5-4-10-22-20(21-2)25-13-11-24(12-14-25)17-6-8-18(26-3)9-7-17/h6-9,15H,4-5,10-14H2,1-3H3,(H,21,22). The van der Waals surface area contributed by atoms with Crippen LogP contribution in [-0.4, -0.2) is 62.7 Å². The number of hydrogen-bond donors (Lipinski definition) is 1. The van der Waals surface area contributed by atoms with E-state index in [2.05, 4.69) is 42.6 Å². The average Bonchev–Trinajstić information content (AvgIpc) is 3.13. The van der Waals surface area contributed by atoms with E-state index in [1.54, 1.807) is 18.4 Å². The summed E-state index contributed by atoms with van der Waals surface area (Å²) < 4.78 is 5.24. The van der Waals surface area contributed by atoms with Crippen LogP contribution in [0.15, 0.2) is 34.6 Å². The Labute approximate surface area is 165 Å². The Balaban J connectivity index is 1.42. The Bertz CT molecular complexity index is 735. The molecule has 0 aliphatic carbocycles. The summed E-state index contributed by atoms with van der Waals surface area (Å²) in [6.07, 6.45) is 2.09. The Kier molecular flexibility index (Phi) is 6.92. The molecule has 146 valence electrons. The summed E-state index contributed by atoms with van der Waals surface area (Å²) in [6.45, 7) is 6.89. The molecule has 0 atom stereocenters. The third kappa shape index (κ3) is 5.35. The molecule has 7 heteroatoms. The molecule has 1 aromatic carbocycles. The van der Waals surface area contributed by atoms with Crippen LogP contribution in [0.5, 0.6) is 5.75 Å². The zero-order valence-corrected chi connectivity index (χ0v) is 17.3. The molecule has 27 heavy (non-hydrogen) atoms. The third-order valence-corrected chi connectivity index (χ3v) is 5.77. The minimum absolute atomic E-state index is 0.898. The zero-order chi connectivity index (χ0) is 19.1. The molecule has 0 unspecified atom stereocenters. The molecule has 0 saturated carbocycles. The van der Waals surface area contributed by atoms with Gasteiger partial charge in [0.25, 0.3) is 0 Å². The van der Waals surface area contributed by atoms with Crippen molar-refractivity contribution in [1.29, 1.82) is 0 Å². The highest BCUT2D eigenvalue weighted by Crippen LogP contribution is 2.20. The maximum atomic E-state index is 5.24. The number of aliphatic imine (C=N–C) groups is 1. The van der Waals surface area contributed by atoms with E-state index in [4.69, 9.17) is 4.74 Å². The van der Waals surface area contributed by atoms with Crippen LogP contribution in [0, 0.1) is 6.92 Å². The van der Waals surface area contributed by atoms with Gasteiger partial charge in [-0.2, -0.15) is 0 Å². The van der Waals surface area contributed by atoms with Crippen LogP contribution in [0.2, 0.25) is 0 Å². The lowest BCUT2D eigenvalue weighted by Crippen LogP contribution is -2.52. The zero-order valence-electron chi connectivity index (χ0n) is 16.4. The van der Waals surface area contributed by atoms with Gasteiger partial charge in [-0.25, -0.2) is 4.98 Å². The van der Waals surface area contributed by atoms with Crippen molar-refractivity contribution in [3.63, 3.8) is 0 Å². The van der Waals surface area contributed by atoms with Gasteiger partial charge in [-0.3, -0.25) is 4.99 Å². The number of piperazine rings is 1. The van der Waals surface area contributed by atoms with Crippen molar-refractivity contribution < 1.29 is 4.74 Å². The summed E-state index contributed by atoms with van der Waals surface area (Å²) in [6, 6.07) is 8.29. The molecule has 0 spiro atoms. The monoisotopic (exact) mass is 387 g/mol. The van der Waals surface area contributed by atoms with Gasteiger partial charge in [0.15, 0.2) is 5.96 Å². The SMILES string of the molecule is CN=C(NCCCc1nc(C)cs1)N1CCN(c2ccc(OC)cc2)CC1.